The van der Waals surface area contributed by atoms with Crippen LogP contribution in [0.5, 0.6) is 11.5 Å². The zero-order valence-electron chi connectivity index (χ0n) is 13.1. The van der Waals surface area contributed by atoms with E-state index >= 15 is 0 Å². The van der Waals surface area contributed by atoms with Crippen LogP contribution in [0.1, 0.15) is 31.3 Å². The first kappa shape index (κ1) is 15.4. The Kier molecular flexibility index (Phi) is 5.22. The third-order valence-electron chi connectivity index (χ3n) is 3.50. The maximum absolute atomic E-state index is 5.51. The number of nitrogens with zero attached hydrogens (tertiary/aromatic N) is 2. The van der Waals surface area contributed by atoms with E-state index in [1.54, 1.807) is 14.2 Å². The Bertz CT molecular complexity index is 581. The lowest BCUT2D eigenvalue weighted by Crippen LogP contribution is -2.25. The van der Waals surface area contributed by atoms with Crippen LogP contribution in [0.3, 0.4) is 0 Å². The van der Waals surface area contributed by atoms with Crippen molar-refractivity contribution in [3.05, 3.63) is 42.0 Å². The number of methoxy groups -OCH3 is 2. The molecule has 0 saturated heterocycles. The van der Waals surface area contributed by atoms with Crippen LogP contribution >= 0.6 is 0 Å². The van der Waals surface area contributed by atoms with E-state index in [-0.39, 0.29) is 6.04 Å². The molecule has 1 unspecified atom stereocenters. The number of aromatic nitrogens is 2. The van der Waals surface area contributed by atoms with Crippen LogP contribution < -0.4 is 14.8 Å². The van der Waals surface area contributed by atoms with Crippen molar-refractivity contribution in [3.63, 3.8) is 0 Å². The van der Waals surface area contributed by atoms with Crippen LogP contribution in [0, 0.1) is 0 Å². The summed E-state index contributed by atoms with van der Waals surface area (Å²) < 4.78 is 13.0. The lowest BCUT2D eigenvalue weighted by atomic mass is 10.0. The third kappa shape index (κ3) is 3.19. The summed E-state index contributed by atoms with van der Waals surface area (Å²) in [5.74, 6) is 2.61. The fraction of sp³-hybridized carbons (Fsp3) is 0.438. The molecular formula is C16H23N3O2. The van der Waals surface area contributed by atoms with Crippen LogP contribution in [0.2, 0.25) is 0 Å². The summed E-state index contributed by atoms with van der Waals surface area (Å²) in [6, 6.07) is 5.80. The van der Waals surface area contributed by atoms with E-state index in [4.69, 9.17) is 9.47 Å². The largest absolute Gasteiger partial charge is 0.497 e. The summed E-state index contributed by atoms with van der Waals surface area (Å²) in [5.41, 5.74) is 1.03. The molecule has 0 aliphatic carbocycles. The van der Waals surface area contributed by atoms with Crippen molar-refractivity contribution in [2.45, 2.75) is 26.4 Å². The summed E-state index contributed by atoms with van der Waals surface area (Å²) in [6.45, 7) is 5.90. The summed E-state index contributed by atoms with van der Waals surface area (Å²) in [6.07, 6.45) is 3.82. The molecule has 1 heterocycles. The highest BCUT2D eigenvalue weighted by Gasteiger charge is 2.22. The average Bonchev–Trinajstić information content (AvgIpc) is 3.00. The van der Waals surface area contributed by atoms with Gasteiger partial charge in [0.1, 0.15) is 17.3 Å². The van der Waals surface area contributed by atoms with Gasteiger partial charge in [0, 0.05) is 24.5 Å². The molecule has 5 nitrogen and oxygen atoms in total. The summed E-state index contributed by atoms with van der Waals surface area (Å²) in [7, 11) is 3.35. The van der Waals surface area contributed by atoms with Gasteiger partial charge in [0.05, 0.1) is 20.3 Å². The first-order chi connectivity index (χ1) is 10.2. The SMILES string of the molecule is CCNC(c1cc(OC)ccc1OC)c1nccn1CC. The fourth-order valence-corrected chi connectivity index (χ4v) is 2.46. The molecule has 5 heteroatoms. The minimum absolute atomic E-state index is 0.0324. The second-order valence-corrected chi connectivity index (χ2v) is 4.67. The lowest BCUT2D eigenvalue weighted by Gasteiger charge is -2.21. The van der Waals surface area contributed by atoms with Gasteiger partial charge in [-0.1, -0.05) is 6.92 Å². The van der Waals surface area contributed by atoms with Crippen molar-refractivity contribution in [2.75, 3.05) is 20.8 Å². The predicted molar refractivity (Wildman–Crippen MR) is 83.0 cm³/mol. The predicted octanol–water partition coefficient (Wildman–Crippen LogP) is 2.62. The van der Waals surface area contributed by atoms with Gasteiger partial charge in [0.15, 0.2) is 0 Å². The zero-order chi connectivity index (χ0) is 15.2. The Morgan fingerprint density at radius 2 is 2.05 bits per heavy atom. The van der Waals surface area contributed by atoms with Crippen LogP contribution in [0.4, 0.5) is 0 Å². The van der Waals surface area contributed by atoms with E-state index in [2.05, 4.69) is 28.7 Å². The smallest absolute Gasteiger partial charge is 0.130 e. The second kappa shape index (κ2) is 7.13. The van der Waals surface area contributed by atoms with Gasteiger partial charge < -0.3 is 19.4 Å². The summed E-state index contributed by atoms with van der Waals surface area (Å²) in [4.78, 5) is 4.52. The molecule has 114 valence electrons. The van der Waals surface area contributed by atoms with E-state index < -0.39 is 0 Å². The normalized spacial score (nSPS) is 12.2. The number of hydrogen-bond acceptors (Lipinski definition) is 4. The summed E-state index contributed by atoms with van der Waals surface area (Å²) >= 11 is 0. The van der Waals surface area contributed by atoms with Crippen LogP contribution in [-0.2, 0) is 6.54 Å². The van der Waals surface area contributed by atoms with Gasteiger partial charge in [-0.25, -0.2) is 4.98 Å². The Morgan fingerprint density at radius 1 is 1.24 bits per heavy atom. The molecule has 1 aromatic heterocycles. The number of hydrogen-bond donors (Lipinski definition) is 1. The minimum Gasteiger partial charge on any atom is -0.497 e. The number of rotatable bonds is 7. The van der Waals surface area contributed by atoms with Crippen molar-refractivity contribution in [1.29, 1.82) is 0 Å². The van der Waals surface area contributed by atoms with Crippen LogP contribution in [-0.4, -0.2) is 30.3 Å². The molecule has 0 aliphatic heterocycles. The molecule has 1 N–H and O–H groups in total. The van der Waals surface area contributed by atoms with E-state index in [1.165, 1.54) is 0 Å². The van der Waals surface area contributed by atoms with E-state index in [0.29, 0.717) is 0 Å². The molecule has 0 fully saturated rings. The molecule has 0 radical (unpaired) electrons. The van der Waals surface area contributed by atoms with Crippen molar-refractivity contribution >= 4 is 0 Å². The molecular weight excluding hydrogens is 266 g/mol. The number of imidazole rings is 1. The molecule has 0 spiro atoms. The highest BCUT2D eigenvalue weighted by Crippen LogP contribution is 2.32. The molecule has 21 heavy (non-hydrogen) atoms. The standard InChI is InChI=1S/C16H23N3O2/c1-5-17-15(16-18-9-10-19(16)6-2)13-11-12(20-3)7-8-14(13)21-4/h7-11,15,17H,5-6H2,1-4H3. The molecule has 2 aromatic rings. The van der Waals surface area contributed by atoms with Gasteiger partial charge in [-0.05, 0) is 31.7 Å². The summed E-state index contributed by atoms with van der Waals surface area (Å²) in [5, 5.41) is 3.48. The first-order valence-corrected chi connectivity index (χ1v) is 7.21. The van der Waals surface area contributed by atoms with Gasteiger partial charge in [0.25, 0.3) is 0 Å². The van der Waals surface area contributed by atoms with Crippen molar-refractivity contribution < 1.29 is 9.47 Å². The highest BCUT2D eigenvalue weighted by molar-refractivity contribution is 5.44. The van der Waals surface area contributed by atoms with Gasteiger partial charge in [-0.15, -0.1) is 0 Å². The van der Waals surface area contributed by atoms with Gasteiger partial charge >= 0.3 is 0 Å². The quantitative estimate of drug-likeness (QED) is 0.851. The first-order valence-electron chi connectivity index (χ1n) is 7.21. The third-order valence-corrected chi connectivity index (χ3v) is 3.50. The van der Waals surface area contributed by atoms with Crippen LogP contribution in [0.25, 0.3) is 0 Å². The Morgan fingerprint density at radius 3 is 2.67 bits per heavy atom. The molecule has 2 rings (SSSR count). The van der Waals surface area contributed by atoms with Crippen molar-refractivity contribution in [3.8, 4) is 11.5 Å². The van der Waals surface area contributed by atoms with Crippen molar-refractivity contribution in [1.82, 2.24) is 14.9 Å². The topological polar surface area (TPSA) is 48.3 Å². The van der Waals surface area contributed by atoms with Gasteiger partial charge in [0.2, 0.25) is 0 Å². The molecule has 1 atom stereocenters. The molecule has 0 saturated carbocycles. The molecule has 1 aromatic carbocycles. The second-order valence-electron chi connectivity index (χ2n) is 4.67. The number of ether oxygens (including phenoxy) is 2. The zero-order valence-corrected chi connectivity index (χ0v) is 13.1. The Hall–Kier alpha value is -2.01. The number of benzene rings is 1. The maximum atomic E-state index is 5.51. The number of nitrogens with one attached hydrogen (secondary N) is 1. The average molecular weight is 289 g/mol. The fourth-order valence-electron chi connectivity index (χ4n) is 2.46. The van der Waals surface area contributed by atoms with Crippen molar-refractivity contribution in [2.24, 2.45) is 0 Å². The highest BCUT2D eigenvalue weighted by atomic mass is 16.5. The lowest BCUT2D eigenvalue weighted by molar-refractivity contribution is 0.392. The van der Waals surface area contributed by atoms with Gasteiger partial charge in [-0.2, -0.15) is 0 Å². The van der Waals surface area contributed by atoms with E-state index in [0.717, 1.165) is 36.0 Å². The number of aryl methyl sites for hydroxylation is 1. The minimum atomic E-state index is -0.0324. The molecule has 0 aliphatic rings. The molecule has 0 bridgehead atoms. The van der Waals surface area contributed by atoms with E-state index in [1.807, 2.05) is 30.6 Å². The van der Waals surface area contributed by atoms with Crippen LogP contribution in [0.15, 0.2) is 30.6 Å². The molecule has 0 amide bonds. The Balaban J connectivity index is 2.51. The monoisotopic (exact) mass is 289 g/mol. The Labute approximate surface area is 125 Å². The van der Waals surface area contributed by atoms with Gasteiger partial charge in [-0.3, -0.25) is 0 Å². The van der Waals surface area contributed by atoms with E-state index in [9.17, 15) is 0 Å². The maximum Gasteiger partial charge on any atom is 0.130 e.